The number of aryl methyl sites for hydroxylation is 3. The maximum atomic E-state index is 14.1. The Balaban J connectivity index is 1.89. The number of ether oxygens (including phenoxy) is 1. The summed E-state index contributed by atoms with van der Waals surface area (Å²) >= 11 is 0. The van der Waals surface area contributed by atoms with E-state index in [1.54, 1.807) is 7.11 Å². The zero-order chi connectivity index (χ0) is 24.1. The molecular formula is C31H31NO2. The molecule has 0 spiro atoms. The smallest absolute Gasteiger partial charge is 0.254 e. The minimum Gasteiger partial charge on any atom is -0.497 e. The molecule has 0 saturated heterocycles. The molecule has 0 saturated carbocycles. The lowest BCUT2D eigenvalue weighted by Gasteiger charge is -2.35. The van der Waals surface area contributed by atoms with Crippen molar-refractivity contribution in [3.05, 3.63) is 136 Å². The summed E-state index contributed by atoms with van der Waals surface area (Å²) < 4.78 is 5.31. The summed E-state index contributed by atoms with van der Waals surface area (Å²) in [6, 6.07) is 32.2. The summed E-state index contributed by atoms with van der Waals surface area (Å²) in [5.41, 5.74) is 7.54. The van der Waals surface area contributed by atoms with Crippen LogP contribution in [0, 0.1) is 20.8 Å². The van der Waals surface area contributed by atoms with Gasteiger partial charge in [0.2, 0.25) is 0 Å². The van der Waals surface area contributed by atoms with Crippen molar-refractivity contribution in [3.8, 4) is 5.75 Å². The first-order valence-electron chi connectivity index (χ1n) is 11.6. The molecule has 0 heterocycles. The van der Waals surface area contributed by atoms with Crippen molar-refractivity contribution in [3.63, 3.8) is 0 Å². The molecule has 0 aliphatic rings. The molecule has 1 unspecified atom stereocenters. The number of carbonyl (C=O) groups is 1. The van der Waals surface area contributed by atoms with E-state index in [9.17, 15) is 4.79 Å². The van der Waals surface area contributed by atoms with Crippen LogP contribution in [0.25, 0.3) is 0 Å². The van der Waals surface area contributed by atoms with E-state index in [0.29, 0.717) is 12.1 Å². The quantitative estimate of drug-likeness (QED) is 0.302. The topological polar surface area (TPSA) is 29.5 Å². The number of hydrogen-bond acceptors (Lipinski definition) is 2. The second-order valence-electron chi connectivity index (χ2n) is 8.77. The van der Waals surface area contributed by atoms with Gasteiger partial charge in [-0.1, -0.05) is 78.4 Å². The van der Waals surface area contributed by atoms with E-state index in [1.807, 2.05) is 47.4 Å². The third-order valence-electron chi connectivity index (χ3n) is 6.31. The maximum Gasteiger partial charge on any atom is 0.254 e. The predicted molar refractivity (Wildman–Crippen MR) is 138 cm³/mol. The minimum absolute atomic E-state index is 0.0141. The number of carbonyl (C=O) groups excluding carboxylic acids is 1. The van der Waals surface area contributed by atoms with Gasteiger partial charge in [0, 0.05) is 12.1 Å². The molecule has 1 amide bonds. The normalized spacial score (nSPS) is 11.6. The molecule has 0 aliphatic carbocycles. The van der Waals surface area contributed by atoms with Gasteiger partial charge in [0.05, 0.1) is 13.2 Å². The predicted octanol–water partition coefficient (Wildman–Crippen LogP) is 7.05. The van der Waals surface area contributed by atoms with Crippen LogP contribution < -0.4 is 4.74 Å². The van der Waals surface area contributed by atoms with Crippen molar-refractivity contribution in [2.75, 3.05) is 7.11 Å². The molecular weight excluding hydrogens is 418 g/mol. The van der Waals surface area contributed by atoms with Gasteiger partial charge in [0.25, 0.3) is 5.91 Å². The van der Waals surface area contributed by atoms with Crippen LogP contribution in [0.5, 0.6) is 5.75 Å². The van der Waals surface area contributed by atoms with Crippen LogP contribution in [0.2, 0.25) is 0 Å². The fourth-order valence-electron chi connectivity index (χ4n) is 4.47. The molecule has 0 aromatic heterocycles. The van der Waals surface area contributed by atoms with Crippen LogP contribution in [0.1, 0.15) is 49.8 Å². The lowest BCUT2D eigenvalue weighted by Crippen LogP contribution is -2.36. The number of hydrogen-bond donors (Lipinski definition) is 0. The highest BCUT2D eigenvalue weighted by Gasteiger charge is 2.30. The molecule has 4 aromatic rings. The highest BCUT2D eigenvalue weighted by molar-refractivity contribution is 5.95. The highest BCUT2D eigenvalue weighted by Crippen LogP contribution is 2.35. The molecule has 4 rings (SSSR count). The van der Waals surface area contributed by atoms with Gasteiger partial charge in [0.15, 0.2) is 0 Å². The first-order valence-corrected chi connectivity index (χ1v) is 11.6. The van der Waals surface area contributed by atoms with Crippen LogP contribution in [-0.4, -0.2) is 17.9 Å². The molecule has 172 valence electrons. The van der Waals surface area contributed by atoms with Crippen molar-refractivity contribution in [1.29, 1.82) is 0 Å². The van der Waals surface area contributed by atoms with E-state index in [1.165, 1.54) is 22.3 Å². The Morgan fingerprint density at radius 2 is 1.38 bits per heavy atom. The van der Waals surface area contributed by atoms with Crippen LogP contribution in [0.3, 0.4) is 0 Å². The summed E-state index contributed by atoms with van der Waals surface area (Å²) in [5.74, 6) is 0.718. The van der Waals surface area contributed by atoms with Crippen LogP contribution >= 0.6 is 0 Å². The van der Waals surface area contributed by atoms with E-state index in [0.717, 1.165) is 16.9 Å². The molecule has 0 N–H and O–H groups in total. The number of methoxy groups -OCH3 is 1. The highest BCUT2D eigenvalue weighted by atomic mass is 16.5. The van der Waals surface area contributed by atoms with Crippen molar-refractivity contribution in [2.45, 2.75) is 33.4 Å². The molecule has 0 aliphatic heterocycles. The van der Waals surface area contributed by atoms with E-state index in [-0.39, 0.29) is 11.9 Å². The van der Waals surface area contributed by atoms with Crippen molar-refractivity contribution in [2.24, 2.45) is 0 Å². The average molecular weight is 450 g/mol. The Morgan fingerprint density at radius 1 is 0.765 bits per heavy atom. The third kappa shape index (κ3) is 5.04. The summed E-state index contributed by atoms with van der Waals surface area (Å²) in [5, 5.41) is 0. The monoisotopic (exact) mass is 449 g/mol. The second-order valence-corrected chi connectivity index (χ2v) is 8.77. The van der Waals surface area contributed by atoms with Gasteiger partial charge in [-0.15, -0.1) is 0 Å². The molecule has 4 aromatic carbocycles. The number of rotatable bonds is 7. The van der Waals surface area contributed by atoms with Gasteiger partial charge in [-0.2, -0.15) is 0 Å². The van der Waals surface area contributed by atoms with E-state index >= 15 is 0 Å². The van der Waals surface area contributed by atoms with E-state index in [4.69, 9.17) is 4.74 Å². The molecule has 34 heavy (non-hydrogen) atoms. The Bertz CT molecular complexity index is 1220. The largest absolute Gasteiger partial charge is 0.497 e. The average Bonchev–Trinajstić information content (AvgIpc) is 2.86. The molecule has 0 radical (unpaired) electrons. The minimum atomic E-state index is -0.225. The number of benzene rings is 4. The summed E-state index contributed by atoms with van der Waals surface area (Å²) in [6.07, 6.45) is 0. The van der Waals surface area contributed by atoms with Gasteiger partial charge in [-0.05, 0) is 72.9 Å². The van der Waals surface area contributed by atoms with Crippen molar-refractivity contribution >= 4 is 5.91 Å². The molecule has 3 nitrogen and oxygen atoms in total. The van der Waals surface area contributed by atoms with Gasteiger partial charge < -0.3 is 9.64 Å². The van der Waals surface area contributed by atoms with Gasteiger partial charge in [0.1, 0.15) is 5.75 Å². The maximum absolute atomic E-state index is 14.1. The zero-order valence-electron chi connectivity index (χ0n) is 20.3. The summed E-state index contributed by atoms with van der Waals surface area (Å²) in [6.45, 7) is 6.84. The zero-order valence-corrected chi connectivity index (χ0v) is 20.3. The lowest BCUT2D eigenvalue weighted by molar-refractivity contribution is 0.0690. The standard InChI is InChI=1S/C31H31NO2/c1-22-13-15-26(16-14-22)30(29-23(2)9-8-10-24(29)3)32(21-25-11-6-5-7-12-25)31(33)27-17-19-28(34-4)20-18-27/h5-20,30H,21H2,1-4H3. The molecule has 1 atom stereocenters. The van der Waals surface area contributed by atoms with Crippen molar-refractivity contribution in [1.82, 2.24) is 4.90 Å². The second kappa shape index (κ2) is 10.4. The van der Waals surface area contributed by atoms with Gasteiger partial charge in [-0.3, -0.25) is 4.79 Å². The van der Waals surface area contributed by atoms with E-state index < -0.39 is 0 Å². The Labute approximate surface area is 202 Å². The SMILES string of the molecule is COc1ccc(C(=O)N(Cc2ccccc2)C(c2ccc(C)cc2)c2c(C)cccc2C)cc1. The Morgan fingerprint density at radius 3 is 1.97 bits per heavy atom. The molecule has 0 bridgehead atoms. The Kier molecular flexibility index (Phi) is 7.12. The van der Waals surface area contributed by atoms with Crippen LogP contribution in [0.4, 0.5) is 0 Å². The Hall–Kier alpha value is -3.85. The van der Waals surface area contributed by atoms with Crippen molar-refractivity contribution < 1.29 is 9.53 Å². The molecule has 3 heteroatoms. The summed E-state index contributed by atoms with van der Waals surface area (Å²) in [4.78, 5) is 16.1. The van der Waals surface area contributed by atoms with Gasteiger partial charge >= 0.3 is 0 Å². The lowest BCUT2D eigenvalue weighted by atomic mass is 9.89. The molecule has 0 fully saturated rings. The first kappa shape index (κ1) is 23.3. The fraction of sp³-hybridized carbons (Fsp3) is 0.194. The van der Waals surface area contributed by atoms with E-state index in [2.05, 4.69) is 75.4 Å². The number of amides is 1. The fourth-order valence-corrected chi connectivity index (χ4v) is 4.47. The summed E-state index contributed by atoms with van der Waals surface area (Å²) in [7, 11) is 1.63. The van der Waals surface area contributed by atoms with Crippen LogP contribution in [0.15, 0.2) is 97.1 Å². The number of nitrogens with zero attached hydrogens (tertiary/aromatic N) is 1. The first-order chi connectivity index (χ1) is 16.5. The van der Waals surface area contributed by atoms with Crippen LogP contribution in [-0.2, 0) is 6.54 Å². The van der Waals surface area contributed by atoms with Gasteiger partial charge in [-0.25, -0.2) is 0 Å². The third-order valence-corrected chi connectivity index (χ3v) is 6.31.